The molecule has 0 unspecified atom stereocenters. The molecule has 0 saturated carbocycles. The second kappa shape index (κ2) is 6.13. The van der Waals surface area contributed by atoms with Crippen molar-refractivity contribution in [2.75, 3.05) is 0 Å². The molecule has 0 fully saturated rings. The molecule has 2 aromatic carbocycles. The quantitative estimate of drug-likeness (QED) is 0.436. The molecule has 4 N–H and O–H groups in total. The Labute approximate surface area is 156 Å². The SMILES string of the molecule is O=c1cc(-c2ccc(O)c(O)c2)oc2cc(O)cc(O)c12.[Sm]. The molecule has 3 aromatic rings. The van der Waals surface area contributed by atoms with E-state index in [1.165, 1.54) is 24.3 Å². The summed E-state index contributed by atoms with van der Waals surface area (Å²) in [5.41, 5.74) is -0.106. The van der Waals surface area contributed by atoms with Crippen LogP contribution in [0.25, 0.3) is 22.3 Å². The van der Waals surface area contributed by atoms with Crippen LogP contribution in [0.2, 0.25) is 0 Å². The number of benzene rings is 2. The summed E-state index contributed by atoms with van der Waals surface area (Å²) in [5.74, 6) is -1.13. The van der Waals surface area contributed by atoms with E-state index in [-0.39, 0.29) is 80.1 Å². The fourth-order valence-electron chi connectivity index (χ4n) is 2.07. The maximum Gasteiger partial charge on any atom is 0.197 e. The van der Waals surface area contributed by atoms with Gasteiger partial charge in [-0.3, -0.25) is 4.79 Å². The first-order valence-corrected chi connectivity index (χ1v) is 5.98. The number of hydrogen-bond donors (Lipinski definition) is 4. The summed E-state index contributed by atoms with van der Waals surface area (Å²) in [7, 11) is 0. The summed E-state index contributed by atoms with van der Waals surface area (Å²) in [6, 6.07) is 7.37. The van der Waals surface area contributed by atoms with Gasteiger partial charge in [0.15, 0.2) is 16.9 Å². The average molecular weight is 437 g/mol. The van der Waals surface area contributed by atoms with Crippen molar-refractivity contribution >= 4 is 11.0 Å². The number of rotatable bonds is 1. The Morgan fingerprint density at radius 1 is 0.818 bits per heavy atom. The van der Waals surface area contributed by atoms with Crippen molar-refractivity contribution in [3.63, 3.8) is 0 Å². The molecule has 0 spiro atoms. The van der Waals surface area contributed by atoms with Crippen LogP contribution in [0.1, 0.15) is 0 Å². The zero-order valence-corrected chi connectivity index (χ0v) is 13.6. The molecule has 112 valence electrons. The minimum absolute atomic E-state index is 0. The van der Waals surface area contributed by atoms with Gasteiger partial charge in [0.25, 0.3) is 0 Å². The second-order valence-corrected chi connectivity index (χ2v) is 4.52. The molecule has 1 aromatic heterocycles. The van der Waals surface area contributed by atoms with Gasteiger partial charge < -0.3 is 24.8 Å². The van der Waals surface area contributed by atoms with Gasteiger partial charge in [0.2, 0.25) is 0 Å². The van der Waals surface area contributed by atoms with Gasteiger partial charge in [-0.05, 0) is 18.2 Å². The van der Waals surface area contributed by atoms with Gasteiger partial charge in [0, 0.05) is 64.2 Å². The van der Waals surface area contributed by atoms with E-state index in [1.54, 1.807) is 0 Å². The van der Waals surface area contributed by atoms with Gasteiger partial charge in [0.1, 0.15) is 28.2 Å². The molecule has 0 aliphatic rings. The molecule has 0 atom stereocenters. The molecule has 0 aliphatic heterocycles. The molecular formula is C15H10O6Sm. The molecule has 0 aliphatic carbocycles. The van der Waals surface area contributed by atoms with E-state index >= 15 is 0 Å². The van der Waals surface area contributed by atoms with E-state index in [0.717, 1.165) is 12.1 Å². The Balaban J connectivity index is 0.00000176. The summed E-state index contributed by atoms with van der Waals surface area (Å²) in [5, 5.41) is 37.9. The summed E-state index contributed by atoms with van der Waals surface area (Å²) in [6.45, 7) is 0. The fraction of sp³-hybridized carbons (Fsp3) is 0. The van der Waals surface area contributed by atoms with E-state index in [2.05, 4.69) is 0 Å². The number of fused-ring (bicyclic) bond motifs is 1. The number of aromatic hydroxyl groups is 4. The van der Waals surface area contributed by atoms with Crippen LogP contribution in [0.4, 0.5) is 0 Å². The minimum atomic E-state index is -0.490. The first kappa shape index (κ1) is 16.6. The maximum atomic E-state index is 12.0. The molecule has 1 heterocycles. The largest absolute Gasteiger partial charge is 0.508 e. The van der Waals surface area contributed by atoms with Crippen molar-refractivity contribution in [3.8, 4) is 34.3 Å². The summed E-state index contributed by atoms with van der Waals surface area (Å²) in [6.07, 6.45) is 0. The predicted molar refractivity (Wildman–Crippen MR) is 74.6 cm³/mol. The molecule has 6 nitrogen and oxygen atoms in total. The Hall–Kier alpha value is -1.81. The number of phenols is 4. The van der Waals surface area contributed by atoms with E-state index in [4.69, 9.17) is 4.42 Å². The zero-order valence-electron chi connectivity index (χ0n) is 11.0. The summed E-state index contributed by atoms with van der Waals surface area (Å²) < 4.78 is 5.47. The zero-order chi connectivity index (χ0) is 15.1. The number of hydrogen-bond acceptors (Lipinski definition) is 6. The topological polar surface area (TPSA) is 111 Å². The van der Waals surface area contributed by atoms with Crippen molar-refractivity contribution in [1.82, 2.24) is 0 Å². The maximum absolute atomic E-state index is 12.0. The van der Waals surface area contributed by atoms with Gasteiger partial charge in [0.05, 0.1) is 0 Å². The molecule has 3 rings (SSSR count). The van der Waals surface area contributed by atoms with Crippen LogP contribution >= 0.6 is 0 Å². The van der Waals surface area contributed by atoms with E-state index < -0.39 is 5.43 Å². The van der Waals surface area contributed by atoms with Crippen LogP contribution in [0.5, 0.6) is 23.0 Å². The normalized spacial score (nSPS) is 10.4. The Morgan fingerprint density at radius 3 is 2.23 bits per heavy atom. The van der Waals surface area contributed by atoms with E-state index in [0.29, 0.717) is 5.56 Å². The van der Waals surface area contributed by atoms with Crippen LogP contribution in [0.15, 0.2) is 45.6 Å². The third kappa shape index (κ3) is 2.88. The monoisotopic (exact) mass is 438 g/mol. The summed E-state index contributed by atoms with van der Waals surface area (Å²) in [4.78, 5) is 12.0. The standard InChI is InChI=1S/C15H10O6.Sm/c16-8-4-11(19)15-12(20)6-13(21-14(15)5-8)7-1-2-9(17)10(18)3-7;/h1-6,16-19H;. The van der Waals surface area contributed by atoms with Crippen molar-refractivity contribution in [2.24, 2.45) is 0 Å². The smallest absolute Gasteiger partial charge is 0.197 e. The molecule has 22 heavy (non-hydrogen) atoms. The minimum Gasteiger partial charge on any atom is -0.508 e. The molecule has 7 heteroatoms. The van der Waals surface area contributed by atoms with Crippen LogP contribution in [-0.4, -0.2) is 20.4 Å². The van der Waals surface area contributed by atoms with Crippen LogP contribution < -0.4 is 5.43 Å². The first-order valence-electron chi connectivity index (χ1n) is 5.98. The summed E-state index contributed by atoms with van der Waals surface area (Å²) >= 11 is 0. The van der Waals surface area contributed by atoms with Crippen molar-refractivity contribution in [2.45, 2.75) is 0 Å². The Kier molecular flexibility index (Phi) is 4.61. The van der Waals surface area contributed by atoms with Gasteiger partial charge in [-0.1, -0.05) is 0 Å². The van der Waals surface area contributed by atoms with Crippen LogP contribution in [0.3, 0.4) is 0 Å². The second-order valence-electron chi connectivity index (χ2n) is 4.52. The molecule has 0 amide bonds. The molecule has 0 saturated heterocycles. The van der Waals surface area contributed by atoms with Crippen molar-refractivity contribution < 1.29 is 65.2 Å². The van der Waals surface area contributed by atoms with Gasteiger partial charge >= 0.3 is 0 Å². The van der Waals surface area contributed by atoms with Gasteiger partial charge in [-0.15, -0.1) is 0 Å². The first-order chi connectivity index (χ1) is 9.95. The Morgan fingerprint density at radius 2 is 1.55 bits per heavy atom. The van der Waals surface area contributed by atoms with Crippen molar-refractivity contribution in [3.05, 3.63) is 46.6 Å². The predicted octanol–water partition coefficient (Wildman–Crippen LogP) is 2.28. The fourth-order valence-corrected chi connectivity index (χ4v) is 2.07. The van der Waals surface area contributed by atoms with E-state index in [9.17, 15) is 25.2 Å². The molecule has 0 bridgehead atoms. The Bertz CT molecular complexity index is 916. The van der Waals surface area contributed by atoms with Gasteiger partial charge in [-0.25, -0.2) is 0 Å². The third-order valence-corrected chi connectivity index (χ3v) is 3.05. The number of phenolic OH excluding ortho intramolecular Hbond substituents is 4. The molecule has 0 radical (unpaired) electrons. The van der Waals surface area contributed by atoms with Crippen LogP contribution in [-0.2, 0) is 0 Å². The van der Waals surface area contributed by atoms with Crippen molar-refractivity contribution in [1.29, 1.82) is 0 Å². The van der Waals surface area contributed by atoms with E-state index in [1.807, 2.05) is 0 Å². The average Bonchev–Trinajstić information content (AvgIpc) is 2.40. The third-order valence-electron chi connectivity index (χ3n) is 3.05. The van der Waals surface area contributed by atoms with Crippen LogP contribution in [0, 0.1) is 40.4 Å². The molecular weight excluding hydrogens is 427 g/mol. The van der Waals surface area contributed by atoms with Gasteiger partial charge in [-0.2, -0.15) is 0 Å².